The molecule has 0 saturated carbocycles. The van der Waals surface area contributed by atoms with Crippen molar-refractivity contribution in [1.82, 2.24) is 10.2 Å². The Morgan fingerprint density at radius 1 is 1.26 bits per heavy atom. The number of anilines is 1. The van der Waals surface area contributed by atoms with Gasteiger partial charge in [-0.25, -0.2) is 4.79 Å². The molecule has 0 aromatic heterocycles. The van der Waals surface area contributed by atoms with Crippen molar-refractivity contribution in [3.8, 4) is 5.75 Å². The number of nitrogens with one attached hydrogen (secondary N) is 2. The van der Waals surface area contributed by atoms with E-state index in [1.165, 1.54) is 19.1 Å². The molecule has 23 heavy (non-hydrogen) atoms. The summed E-state index contributed by atoms with van der Waals surface area (Å²) >= 11 is 0. The van der Waals surface area contributed by atoms with Crippen LogP contribution in [-0.4, -0.2) is 56.7 Å². The number of ether oxygens (including phenoxy) is 2. The van der Waals surface area contributed by atoms with E-state index in [1.807, 2.05) is 0 Å². The van der Waals surface area contributed by atoms with Crippen LogP contribution >= 0.6 is 0 Å². The summed E-state index contributed by atoms with van der Waals surface area (Å²) in [5.74, 6) is -0.214. The molecule has 0 aliphatic carbocycles. The lowest BCUT2D eigenvalue weighted by atomic mass is 10.2. The van der Waals surface area contributed by atoms with Crippen LogP contribution in [0.15, 0.2) is 24.3 Å². The fourth-order valence-corrected chi connectivity index (χ4v) is 1.72. The van der Waals surface area contributed by atoms with Crippen LogP contribution in [0.2, 0.25) is 0 Å². The van der Waals surface area contributed by atoms with Crippen molar-refractivity contribution in [1.29, 1.82) is 0 Å². The van der Waals surface area contributed by atoms with Gasteiger partial charge in [-0.05, 0) is 26.1 Å². The summed E-state index contributed by atoms with van der Waals surface area (Å²) in [5.41, 5.74) is 0.592. The molecule has 0 radical (unpaired) electrons. The normalized spacial score (nSPS) is 11.5. The summed E-state index contributed by atoms with van der Waals surface area (Å²) < 4.78 is 9.43. The zero-order chi connectivity index (χ0) is 17.4. The van der Waals surface area contributed by atoms with E-state index >= 15 is 0 Å². The highest BCUT2D eigenvalue weighted by atomic mass is 16.5. The van der Waals surface area contributed by atoms with Crippen LogP contribution in [0.3, 0.4) is 0 Å². The number of carbonyl (C=O) groups excluding carboxylic acids is 3. The summed E-state index contributed by atoms with van der Waals surface area (Å²) in [7, 11) is 4.31. The van der Waals surface area contributed by atoms with Crippen LogP contribution in [0.4, 0.5) is 10.5 Å². The van der Waals surface area contributed by atoms with Crippen LogP contribution in [0.5, 0.6) is 5.75 Å². The van der Waals surface area contributed by atoms with Crippen LogP contribution in [0, 0.1) is 0 Å². The van der Waals surface area contributed by atoms with Crippen molar-refractivity contribution in [2.24, 2.45) is 0 Å². The minimum absolute atomic E-state index is 0.0209. The van der Waals surface area contributed by atoms with Crippen LogP contribution in [-0.2, 0) is 14.3 Å². The van der Waals surface area contributed by atoms with Gasteiger partial charge in [-0.3, -0.25) is 19.8 Å². The van der Waals surface area contributed by atoms with E-state index in [0.717, 1.165) is 0 Å². The second-order valence-corrected chi connectivity index (χ2v) is 4.85. The number of nitrogens with zero attached hydrogens (tertiary/aromatic N) is 1. The molecule has 3 amide bonds. The molecule has 2 N–H and O–H groups in total. The lowest BCUT2D eigenvalue weighted by molar-refractivity contribution is -0.125. The summed E-state index contributed by atoms with van der Waals surface area (Å²) in [6, 6.07) is 6.26. The predicted molar refractivity (Wildman–Crippen MR) is 84.3 cm³/mol. The van der Waals surface area contributed by atoms with E-state index in [-0.39, 0.29) is 12.5 Å². The Morgan fingerprint density at radius 2 is 1.96 bits per heavy atom. The molecule has 0 aliphatic heterocycles. The third-order valence-electron chi connectivity index (χ3n) is 3.20. The minimum atomic E-state index is -0.837. The maximum absolute atomic E-state index is 12.0. The van der Waals surface area contributed by atoms with E-state index < -0.39 is 18.0 Å². The van der Waals surface area contributed by atoms with Crippen molar-refractivity contribution in [2.75, 3.05) is 33.1 Å². The molecule has 126 valence electrons. The van der Waals surface area contributed by atoms with E-state index in [2.05, 4.69) is 15.4 Å². The lowest BCUT2D eigenvalue weighted by Gasteiger charge is -2.22. The van der Waals surface area contributed by atoms with Gasteiger partial charge >= 0.3 is 6.09 Å². The quantitative estimate of drug-likeness (QED) is 0.805. The van der Waals surface area contributed by atoms with Gasteiger partial charge in [0.2, 0.25) is 11.8 Å². The summed E-state index contributed by atoms with van der Waals surface area (Å²) in [6.07, 6.45) is -0.837. The molecule has 0 saturated heterocycles. The van der Waals surface area contributed by atoms with Crippen molar-refractivity contribution >= 4 is 23.6 Å². The SMILES string of the molecule is COC(=O)NC(=O)[C@H](C)N(C)CC(=O)Nc1cccc(OC)c1. The van der Waals surface area contributed by atoms with Gasteiger partial charge in [-0.1, -0.05) is 6.07 Å². The first-order chi connectivity index (χ1) is 10.9. The zero-order valence-corrected chi connectivity index (χ0v) is 13.6. The molecule has 0 bridgehead atoms. The van der Waals surface area contributed by atoms with Gasteiger partial charge in [0.15, 0.2) is 0 Å². The molecule has 1 atom stereocenters. The molecule has 0 aliphatic rings. The number of hydrogen-bond acceptors (Lipinski definition) is 6. The molecular weight excluding hydrogens is 302 g/mol. The monoisotopic (exact) mass is 323 g/mol. The second kappa shape index (κ2) is 8.74. The van der Waals surface area contributed by atoms with E-state index in [4.69, 9.17) is 4.74 Å². The van der Waals surface area contributed by atoms with Crippen molar-refractivity contribution in [3.63, 3.8) is 0 Å². The molecule has 0 spiro atoms. The number of carbonyl (C=O) groups is 3. The second-order valence-electron chi connectivity index (χ2n) is 4.85. The highest BCUT2D eigenvalue weighted by molar-refractivity contribution is 5.96. The molecule has 8 heteroatoms. The van der Waals surface area contributed by atoms with E-state index in [9.17, 15) is 14.4 Å². The number of amides is 3. The summed E-state index contributed by atoms with van der Waals surface area (Å²) in [5, 5.41) is 4.77. The number of alkyl carbamates (subject to hydrolysis) is 1. The Bertz CT molecular complexity index is 576. The third-order valence-corrected chi connectivity index (χ3v) is 3.20. The lowest BCUT2D eigenvalue weighted by Crippen LogP contribution is -2.47. The number of likely N-dealkylation sites (N-methyl/N-ethyl adjacent to an activating group) is 1. The Kier molecular flexibility index (Phi) is 7.01. The standard InChI is InChI=1S/C15H21N3O5/c1-10(14(20)17-15(21)23-4)18(2)9-13(19)16-11-6-5-7-12(8-11)22-3/h5-8,10H,9H2,1-4H3,(H,16,19)(H,17,20,21)/t10-/m0/s1. The van der Waals surface area contributed by atoms with Gasteiger partial charge in [0, 0.05) is 11.8 Å². The highest BCUT2D eigenvalue weighted by Crippen LogP contribution is 2.16. The molecule has 1 rings (SSSR count). The number of rotatable bonds is 6. The largest absolute Gasteiger partial charge is 0.497 e. The van der Waals surface area contributed by atoms with Crippen LogP contribution < -0.4 is 15.4 Å². The molecule has 1 aromatic carbocycles. The van der Waals surface area contributed by atoms with Gasteiger partial charge in [-0.2, -0.15) is 0 Å². The van der Waals surface area contributed by atoms with Gasteiger partial charge in [0.1, 0.15) is 5.75 Å². The average Bonchev–Trinajstić information content (AvgIpc) is 2.53. The summed E-state index contributed by atoms with van der Waals surface area (Å²) in [4.78, 5) is 36.3. The maximum Gasteiger partial charge on any atom is 0.413 e. The van der Waals surface area contributed by atoms with E-state index in [1.54, 1.807) is 38.2 Å². The Balaban J connectivity index is 2.55. The van der Waals surface area contributed by atoms with Crippen molar-refractivity contribution < 1.29 is 23.9 Å². The molecule has 1 aromatic rings. The number of methoxy groups -OCH3 is 2. The highest BCUT2D eigenvalue weighted by Gasteiger charge is 2.22. The van der Waals surface area contributed by atoms with Gasteiger partial charge in [0.05, 0.1) is 26.8 Å². The Morgan fingerprint density at radius 3 is 2.57 bits per heavy atom. The average molecular weight is 323 g/mol. The van der Waals surface area contributed by atoms with Crippen LogP contribution in [0.1, 0.15) is 6.92 Å². The first-order valence-electron chi connectivity index (χ1n) is 6.90. The fourth-order valence-electron chi connectivity index (χ4n) is 1.72. The van der Waals surface area contributed by atoms with Gasteiger partial charge in [0.25, 0.3) is 0 Å². The predicted octanol–water partition coefficient (Wildman–Crippen LogP) is 0.837. The molecular formula is C15H21N3O5. The molecule has 8 nitrogen and oxygen atoms in total. The van der Waals surface area contributed by atoms with Crippen molar-refractivity contribution in [3.05, 3.63) is 24.3 Å². The topological polar surface area (TPSA) is 97.0 Å². The first-order valence-corrected chi connectivity index (χ1v) is 6.90. The minimum Gasteiger partial charge on any atom is -0.497 e. The third kappa shape index (κ3) is 5.95. The maximum atomic E-state index is 12.0. The van der Waals surface area contributed by atoms with E-state index in [0.29, 0.717) is 11.4 Å². The molecule has 0 unspecified atom stereocenters. The number of benzene rings is 1. The number of hydrogen-bond donors (Lipinski definition) is 2. The molecule has 0 heterocycles. The zero-order valence-electron chi connectivity index (χ0n) is 13.6. The first kappa shape index (κ1) is 18.4. The Labute approximate surface area is 134 Å². The smallest absolute Gasteiger partial charge is 0.413 e. The number of imide groups is 1. The fraction of sp³-hybridized carbons (Fsp3) is 0.400. The van der Waals surface area contributed by atoms with Crippen molar-refractivity contribution in [2.45, 2.75) is 13.0 Å². The Hall–Kier alpha value is -2.61. The van der Waals surface area contributed by atoms with Gasteiger partial charge < -0.3 is 14.8 Å². The molecule has 0 fully saturated rings. The van der Waals surface area contributed by atoms with Gasteiger partial charge in [-0.15, -0.1) is 0 Å². The summed E-state index contributed by atoms with van der Waals surface area (Å²) in [6.45, 7) is 1.56. The van der Waals surface area contributed by atoms with Crippen LogP contribution in [0.25, 0.3) is 0 Å².